The van der Waals surface area contributed by atoms with Crippen LogP contribution in [0.1, 0.15) is 6.42 Å². The lowest BCUT2D eigenvalue weighted by molar-refractivity contribution is -0.122. The first-order valence-corrected chi connectivity index (χ1v) is 6.16. The molecule has 0 aromatic heterocycles. The van der Waals surface area contributed by atoms with E-state index in [9.17, 15) is 14.9 Å². The predicted molar refractivity (Wildman–Crippen MR) is 63.9 cm³/mol. The van der Waals surface area contributed by atoms with Crippen LogP contribution in [-0.4, -0.2) is 11.6 Å². The highest BCUT2D eigenvalue weighted by atomic mass is 79.9. The SMILES string of the molecule is N#C[C@@H]1C[C@@H]2C=C[C@]13C(=O)C=C(Br)C3=CC2=O. The number of ketones is 2. The molecule has 1 spiro atoms. The van der Waals surface area contributed by atoms with E-state index in [1.54, 1.807) is 12.2 Å². The molecule has 0 aliphatic heterocycles. The van der Waals surface area contributed by atoms with Crippen LogP contribution in [0.2, 0.25) is 0 Å². The third-order valence-corrected chi connectivity index (χ3v) is 4.46. The molecule has 0 amide bonds. The number of allylic oxidation sites excluding steroid dienone is 6. The van der Waals surface area contributed by atoms with Gasteiger partial charge in [-0.25, -0.2) is 0 Å². The molecule has 2 bridgehead atoms. The van der Waals surface area contributed by atoms with Gasteiger partial charge in [-0.05, 0) is 24.1 Å². The fourth-order valence-electron chi connectivity index (χ4n) is 2.88. The lowest BCUT2D eigenvalue weighted by Gasteiger charge is -2.33. The Bertz CT molecular complexity index is 579. The molecule has 3 atom stereocenters. The van der Waals surface area contributed by atoms with Crippen molar-refractivity contribution in [3.05, 3.63) is 34.4 Å². The average Bonchev–Trinajstić information content (AvgIpc) is 2.46. The standard InChI is InChI=1S/C13H8BrNO2/c14-10-5-12(17)13-2-1-7(3-8(13)6-15)11(16)4-9(10)13/h1-2,4-5,7-8H,3H2/t7-,8-,13-/m0/s1. The fraction of sp³-hybridized carbons (Fsp3) is 0.308. The molecular formula is C13H8BrNO2. The molecule has 0 aromatic rings. The van der Waals surface area contributed by atoms with Crippen molar-refractivity contribution in [3.8, 4) is 6.07 Å². The number of rotatable bonds is 0. The third-order valence-electron chi connectivity index (χ3n) is 3.81. The number of hydrogen-bond acceptors (Lipinski definition) is 3. The minimum absolute atomic E-state index is 0.0177. The molecule has 3 nitrogen and oxygen atoms in total. The van der Waals surface area contributed by atoms with Crippen LogP contribution in [0.3, 0.4) is 0 Å². The number of nitrogens with zero attached hydrogens (tertiary/aromatic N) is 1. The van der Waals surface area contributed by atoms with E-state index in [0.29, 0.717) is 16.5 Å². The van der Waals surface area contributed by atoms with Crippen LogP contribution in [0, 0.1) is 28.6 Å². The Labute approximate surface area is 107 Å². The molecule has 84 valence electrons. The molecule has 0 N–H and O–H groups in total. The molecule has 0 fully saturated rings. The first kappa shape index (κ1) is 10.7. The Hall–Kier alpha value is -1.47. The molecule has 0 radical (unpaired) electrons. The second-order valence-corrected chi connectivity index (χ2v) is 5.42. The van der Waals surface area contributed by atoms with Crippen molar-refractivity contribution in [2.75, 3.05) is 0 Å². The molecule has 0 unspecified atom stereocenters. The molecule has 0 saturated carbocycles. The Kier molecular flexibility index (Phi) is 2.05. The second kappa shape index (κ2) is 3.27. The van der Waals surface area contributed by atoms with Gasteiger partial charge in [-0.15, -0.1) is 0 Å². The van der Waals surface area contributed by atoms with Crippen molar-refractivity contribution in [3.63, 3.8) is 0 Å². The van der Waals surface area contributed by atoms with Gasteiger partial charge in [0, 0.05) is 10.4 Å². The summed E-state index contributed by atoms with van der Waals surface area (Å²) < 4.78 is 0.628. The van der Waals surface area contributed by atoms with E-state index >= 15 is 0 Å². The number of carbonyl (C=O) groups excluding carboxylic acids is 2. The van der Waals surface area contributed by atoms with Crippen molar-refractivity contribution in [2.45, 2.75) is 6.42 Å². The van der Waals surface area contributed by atoms with E-state index in [1.807, 2.05) is 0 Å². The van der Waals surface area contributed by atoms with E-state index in [0.717, 1.165) is 0 Å². The van der Waals surface area contributed by atoms with Gasteiger partial charge < -0.3 is 0 Å². The topological polar surface area (TPSA) is 57.9 Å². The summed E-state index contributed by atoms with van der Waals surface area (Å²) >= 11 is 3.31. The van der Waals surface area contributed by atoms with E-state index in [1.165, 1.54) is 12.2 Å². The lowest BCUT2D eigenvalue weighted by Crippen LogP contribution is -2.36. The molecule has 17 heavy (non-hydrogen) atoms. The minimum atomic E-state index is -0.920. The number of fused-ring (bicyclic) bond motifs is 2. The van der Waals surface area contributed by atoms with E-state index in [4.69, 9.17) is 0 Å². The molecular weight excluding hydrogens is 282 g/mol. The molecule has 0 saturated heterocycles. The number of carbonyl (C=O) groups is 2. The van der Waals surface area contributed by atoms with Crippen molar-refractivity contribution in [2.24, 2.45) is 17.3 Å². The number of nitriles is 1. The summed E-state index contributed by atoms with van der Waals surface area (Å²) in [7, 11) is 0. The highest BCUT2D eigenvalue weighted by Gasteiger charge is 2.54. The Balaban J connectivity index is 2.32. The summed E-state index contributed by atoms with van der Waals surface area (Å²) in [5.41, 5.74) is -0.272. The van der Waals surface area contributed by atoms with Crippen molar-refractivity contribution < 1.29 is 9.59 Å². The molecule has 0 heterocycles. The van der Waals surface area contributed by atoms with Crippen LogP contribution in [0.15, 0.2) is 34.4 Å². The fourth-order valence-corrected chi connectivity index (χ4v) is 3.53. The molecule has 4 aliphatic carbocycles. The van der Waals surface area contributed by atoms with Gasteiger partial charge in [-0.3, -0.25) is 9.59 Å². The zero-order chi connectivity index (χ0) is 12.2. The van der Waals surface area contributed by atoms with Gasteiger partial charge in [0.15, 0.2) is 11.6 Å². The monoisotopic (exact) mass is 289 g/mol. The summed E-state index contributed by atoms with van der Waals surface area (Å²) in [6, 6.07) is 2.19. The van der Waals surface area contributed by atoms with Gasteiger partial charge in [0.2, 0.25) is 0 Å². The van der Waals surface area contributed by atoms with Gasteiger partial charge in [0.25, 0.3) is 0 Å². The van der Waals surface area contributed by atoms with Gasteiger partial charge >= 0.3 is 0 Å². The van der Waals surface area contributed by atoms with E-state index in [2.05, 4.69) is 22.0 Å². The molecule has 4 heteroatoms. The zero-order valence-electron chi connectivity index (χ0n) is 8.81. The highest BCUT2D eigenvalue weighted by molar-refractivity contribution is 9.12. The zero-order valence-corrected chi connectivity index (χ0v) is 10.4. The maximum atomic E-state index is 12.2. The lowest BCUT2D eigenvalue weighted by atomic mass is 9.66. The van der Waals surface area contributed by atoms with Crippen LogP contribution in [-0.2, 0) is 9.59 Å². The minimum Gasteiger partial charge on any atom is -0.294 e. The normalized spacial score (nSPS) is 38.4. The van der Waals surface area contributed by atoms with Gasteiger partial charge in [0.05, 0.1) is 17.4 Å². The van der Waals surface area contributed by atoms with Gasteiger partial charge in [-0.1, -0.05) is 28.1 Å². The van der Waals surface area contributed by atoms with Crippen LogP contribution < -0.4 is 0 Å². The maximum absolute atomic E-state index is 12.2. The van der Waals surface area contributed by atoms with Crippen LogP contribution in [0.4, 0.5) is 0 Å². The molecule has 4 rings (SSSR count). The van der Waals surface area contributed by atoms with Crippen LogP contribution in [0.25, 0.3) is 0 Å². The van der Waals surface area contributed by atoms with Gasteiger partial charge in [0.1, 0.15) is 0 Å². The molecule has 0 aromatic carbocycles. The van der Waals surface area contributed by atoms with E-state index in [-0.39, 0.29) is 17.5 Å². The Morgan fingerprint density at radius 2 is 2.18 bits per heavy atom. The van der Waals surface area contributed by atoms with E-state index < -0.39 is 11.3 Å². The Morgan fingerprint density at radius 1 is 1.41 bits per heavy atom. The maximum Gasteiger partial charge on any atom is 0.172 e. The van der Waals surface area contributed by atoms with Crippen molar-refractivity contribution in [1.29, 1.82) is 5.26 Å². The summed E-state index contributed by atoms with van der Waals surface area (Å²) in [6.45, 7) is 0. The summed E-state index contributed by atoms with van der Waals surface area (Å²) in [5.74, 6) is -0.826. The summed E-state index contributed by atoms with van der Waals surface area (Å²) in [5, 5.41) is 9.26. The first-order valence-electron chi connectivity index (χ1n) is 5.36. The average molecular weight is 290 g/mol. The number of halogens is 1. The predicted octanol–water partition coefficient (Wildman–Crippen LogP) is 2.06. The van der Waals surface area contributed by atoms with Crippen molar-refractivity contribution >= 4 is 27.5 Å². The second-order valence-electron chi connectivity index (χ2n) is 4.57. The number of hydrogen-bond donors (Lipinski definition) is 0. The van der Waals surface area contributed by atoms with Crippen LogP contribution in [0.5, 0.6) is 0 Å². The summed E-state index contributed by atoms with van der Waals surface area (Å²) in [6.07, 6.45) is 6.95. The molecule has 4 aliphatic rings. The first-order chi connectivity index (χ1) is 8.09. The smallest absolute Gasteiger partial charge is 0.172 e. The largest absolute Gasteiger partial charge is 0.294 e. The quantitative estimate of drug-likeness (QED) is 0.642. The highest BCUT2D eigenvalue weighted by Crippen LogP contribution is 2.54. The third kappa shape index (κ3) is 1.15. The van der Waals surface area contributed by atoms with Crippen molar-refractivity contribution in [1.82, 2.24) is 0 Å². The summed E-state index contributed by atoms with van der Waals surface area (Å²) in [4.78, 5) is 24.1. The van der Waals surface area contributed by atoms with Gasteiger partial charge in [-0.2, -0.15) is 5.26 Å². The Morgan fingerprint density at radius 3 is 2.88 bits per heavy atom. The van der Waals surface area contributed by atoms with Crippen LogP contribution >= 0.6 is 15.9 Å².